The Balaban J connectivity index is 1.67. The van der Waals surface area contributed by atoms with Gasteiger partial charge in [0.1, 0.15) is 12.4 Å². The third-order valence-corrected chi connectivity index (χ3v) is 5.89. The molecule has 32 heavy (non-hydrogen) atoms. The fourth-order valence-corrected chi connectivity index (χ4v) is 4.34. The maximum atomic E-state index is 13.7. The van der Waals surface area contributed by atoms with Gasteiger partial charge in [0.05, 0.1) is 6.04 Å². The van der Waals surface area contributed by atoms with Crippen molar-refractivity contribution in [2.24, 2.45) is 0 Å². The van der Waals surface area contributed by atoms with Crippen molar-refractivity contribution >= 4 is 39.9 Å². The molecule has 0 aliphatic carbocycles. The van der Waals surface area contributed by atoms with Crippen LogP contribution in [0.15, 0.2) is 84.9 Å². The number of fused-ring (bicyclic) bond motifs is 2. The molecule has 5 rings (SSSR count). The van der Waals surface area contributed by atoms with Crippen LogP contribution < -0.4 is 5.32 Å². The second-order valence-electron chi connectivity index (χ2n) is 7.73. The second kappa shape index (κ2) is 8.09. The van der Waals surface area contributed by atoms with Gasteiger partial charge in [-0.2, -0.15) is 0 Å². The van der Waals surface area contributed by atoms with Gasteiger partial charge < -0.3 is 10.2 Å². The lowest BCUT2D eigenvalue weighted by Gasteiger charge is -2.31. The van der Waals surface area contributed by atoms with E-state index in [1.807, 2.05) is 36.4 Å². The number of amides is 2. The maximum absolute atomic E-state index is 13.7. The number of hydrogen-bond acceptors (Lipinski definition) is 2. The Morgan fingerprint density at radius 1 is 0.938 bits per heavy atom. The van der Waals surface area contributed by atoms with E-state index in [9.17, 15) is 14.0 Å². The van der Waals surface area contributed by atoms with Crippen LogP contribution in [-0.4, -0.2) is 23.3 Å². The minimum absolute atomic E-state index is 0.153. The lowest BCUT2D eigenvalue weighted by atomic mass is 9.95. The summed E-state index contributed by atoms with van der Waals surface area (Å²) in [6, 6.07) is 23.7. The molecule has 0 fully saturated rings. The first-order valence-corrected chi connectivity index (χ1v) is 10.5. The molecule has 2 amide bonds. The summed E-state index contributed by atoms with van der Waals surface area (Å²) in [7, 11) is 0. The molecule has 1 aliphatic heterocycles. The molecule has 1 N–H and O–H groups in total. The van der Waals surface area contributed by atoms with E-state index < -0.39 is 6.04 Å². The summed E-state index contributed by atoms with van der Waals surface area (Å²) in [5.74, 6) is -0.990. The normalized spacial score (nSPS) is 15.8. The zero-order valence-electron chi connectivity index (χ0n) is 16.9. The van der Waals surface area contributed by atoms with Crippen LogP contribution in [0.1, 0.15) is 27.5 Å². The monoisotopic (exact) mass is 444 g/mol. The molecule has 1 atom stereocenters. The summed E-state index contributed by atoms with van der Waals surface area (Å²) in [5.41, 5.74) is 2.39. The number of benzene rings is 4. The Kier molecular flexibility index (Phi) is 5.11. The molecule has 0 saturated heterocycles. The van der Waals surface area contributed by atoms with Crippen molar-refractivity contribution in [3.63, 3.8) is 0 Å². The van der Waals surface area contributed by atoms with Crippen molar-refractivity contribution in [3.05, 3.63) is 112 Å². The van der Waals surface area contributed by atoms with E-state index in [4.69, 9.17) is 11.6 Å². The molecule has 0 aromatic heterocycles. The highest BCUT2D eigenvalue weighted by Gasteiger charge is 2.34. The Morgan fingerprint density at radius 2 is 1.69 bits per heavy atom. The minimum atomic E-state index is -0.623. The second-order valence-corrected chi connectivity index (χ2v) is 8.17. The summed E-state index contributed by atoms with van der Waals surface area (Å²) < 4.78 is 13.7. The Hall–Kier alpha value is -3.70. The SMILES string of the molecule is O=C1CN(C(=O)c2ccc3ccccc3c2)C(c2ccc(F)cc2)c2cc(Cl)ccc2N1. The molecule has 0 bridgehead atoms. The minimum Gasteiger partial charge on any atom is -0.324 e. The third kappa shape index (κ3) is 3.72. The molecule has 1 heterocycles. The van der Waals surface area contributed by atoms with E-state index in [1.165, 1.54) is 17.0 Å². The fourth-order valence-electron chi connectivity index (χ4n) is 4.16. The number of nitrogens with one attached hydrogen (secondary N) is 1. The third-order valence-electron chi connectivity index (χ3n) is 5.65. The average molecular weight is 445 g/mol. The number of nitrogens with zero attached hydrogens (tertiary/aromatic N) is 1. The highest BCUT2D eigenvalue weighted by molar-refractivity contribution is 6.30. The maximum Gasteiger partial charge on any atom is 0.255 e. The number of anilines is 1. The van der Waals surface area contributed by atoms with Crippen LogP contribution in [-0.2, 0) is 4.79 Å². The fraction of sp³-hybridized carbons (Fsp3) is 0.0769. The first-order chi connectivity index (χ1) is 15.5. The molecule has 6 heteroatoms. The largest absolute Gasteiger partial charge is 0.324 e. The number of halogens is 2. The van der Waals surface area contributed by atoms with Gasteiger partial charge in [-0.25, -0.2) is 4.39 Å². The topological polar surface area (TPSA) is 49.4 Å². The zero-order chi connectivity index (χ0) is 22.2. The van der Waals surface area contributed by atoms with Crippen LogP contribution in [0.25, 0.3) is 10.8 Å². The van der Waals surface area contributed by atoms with Gasteiger partial charge in [-0.15, -0.1) is 0 Å². The van der Waals surface area contributed by atoms with Crippen molar-refractivity contribution in [2.45, 2.75) is 6.04 Å². The van der Waals surface area contributed by atoms with E-state index in [0.29, 0.717) is 27.4 Å². The van der Waals surface area contributed by atoms with Crippen LogP contribution in [0.5, 0.6) is 0 Å². The predicted octanol–water partition coefficient (Wildman–Crippen LogP) is 5.82. The summed E-state index contributed by atoms with van der Waals surface area (Å²) >= 11 is 6.28. The van der Waals surface area contributed by atoms with E-state index in [-0.39, 0.29) is 24.2 Å². The first kappa shape index (κ1) is 20.2. The lowest BCUT2D eigenvalue weighted by molar-refractivity contribution is -0.117. The number of hydrogen-bond donors (Lipinski definition) is 1. The molecule has 4 nitrogen and oxygen atoms in total. The molecular formula is C26H18ClFN2O2. The molecule has 158 valence electrons. The van der Waals surface area contributed by atoms with Gasteiger partial charge in [-0.3, -0.25) is 9.59 Å². The molecule has 1 aliphatic rings. The lowest BCUT2D eigenvalue weighted by Crippen LogP contribution is -2.39. The van der Waals surface area contributed by atoms with Gasteiger partial charge in [0.2, 0.25) is 5.91 Å². The van der Waals surface area contributed by atoms with Crippen molar-refractivity contribution in [2.75, 3.05) is 11.9 Å². The van der Waals surface area contributed by atoms with Crippen LogP contribution in [0.3, 0.4) is 0 Å². The van der Waals surface area contributed by atoms with Gasteiger partial charge in [0.15, 0.2) is 0 Å². The van der Waals surface area contributed by atoms with Crippen molar-refractivity contribution in [1.82, 2.24) is 4.90 Å². The predicted molar refractivity (Wildman–Crippen MR) is 123 cm³/mol. The van der Waals surface area contributed by atoms with Crippen LogP contribution in [0.2, 0.25) is 5.02 Å². The summed E-state index contributed by atoms with van der Waals surface area (Å²) in [6.07, 6.45) is 0. The molecule has 4 aromatic rings. The summed E-state index contributed by atoms with van der Waals surface area (Å²) in [4.78, 5) is 28.0. The highest BCUT2D eigenvalue weighted by atomic mass is 35.5. The van der Waals surface area contributed by atoms with E-state index >= 15 is 0 Å². The highest BCUT2D eigenvalue weighted by Crippen LogP contribution is 2.38. The Bertz CT molecular complexity index is 1350. The van der Waals surface area contributed by atoms with Gasteiger partial charge in [0.25, 0.3) is 5.91 Å². The molecule has 4 aromatic carbocycles. The van der Waals surface area contributed by atoms with E-state index in [1.54, 1.807) is 36.4 Å². The van der Waals surface area contributed by atoms with Crippen molar-refractivity contribution < 1.29 is 14.0 Å². The average Bonchev–Trinajstić information content (AvgIpc) is 2.94. The van der Waals surface area contributed by atoms with E-state index in [0.717, 1.165) is 10.8 Å². The van der Waals surface area contributed by atoms with Gasteiger partial charge >= 0.3 is 0 Å². The number of carbonyl (C=O) groups is 2. The van der Waals surface area contributed by atoms with Crippen LogP contribution in [0.4, 0.5) is 10.1 Å². The molecular weight excluding hydrogens is 427 g/mol. The van der Waals surface area contributed by atoms with Gasteiger partial charge in [-0.1, -0.05) is 54.1 Å². The van der Waals surface area contributed by atoms with Crippen LogP contribution in [0, 0.1) is 5.82 Å². The van der Waals surface area contributed by atoms with E-state index in [2.05, 4.69) is 5.32 Å². The van der Waals surface area contributed by atoms with Crippen molar-refractivity contribution in [3.8, 4) is 0 Å². The quantitative estimate of drug-likeness (QED) is 0.423. The Labute approximate surface area is 189 Å². The van der Waals surface area contributed by atoms with Gasteiger partial charge in [0, 0.05) is 21.8 Å². The summed E-state index contributed by atoms with van der Waals surface area (Å²) in [6.45, 7) is -0.153. The molecule has 0 saturated carbocycles. The number of rotatable bonds is 2. The van der Waals surface area contributed by atoms with Crippen molar-refractivity contribution in [1.29, 1.82) is 0 Å². The van der Waals surface area contributed by atoms with Crippen LogP contribution >= 0.6 is 11.6 Å². The Morgan fingerprint density at radius 3 is 2.47 bits per heavy atom. The molecule has 1 unspecified atom stereocenters. The van der Waals surface area contributed by atoms with Gasteiger partial charge in [-0.05, 0) is 58.8 Å². The summed E-state index contributed by atoms with van der Waals surface area (Å²) in [5, 5.41) is 5.29. The standard InChI is InChI=1S/C26H18ClFN2O2/c27-20-9-12-23-22(14-20)25(17-7-10-21(28)11-8-17)30(15-24(31)29-23)26(32)19-6-5-16-3-1-2-4-18(16)13-19/h1-14,25H,15H2,(H,29,31). The molecule has 0 radical (unpaired) electrons. The zero-order valence-corrected chi connectivity index (χ0v) is 17.6. The first-order valence-electron chi connectivity index (χ1n) is 10.1. The molecule has 0 spiro atoms. The smallest absolute Gasteiger partial charge is 0.255 e. The number of carbonyl (C=O) groups excluding carboxylic acids is 2.